The van der Waals surface area contributed by atoms with E-state index in [1.807, 2.05) is 0 Å². The van der Waals surface area contributed by atoms with E-state index in [0.717, 1.165) is 60.5 Å². The van der Waals surface area contributed by atoms with Gasteiger partial charge in [-0.3, -0.25) is 0 Å². The Labute approximate surface area is 415 Å². The lowest BCUT2D eigenvalue weighted by molar-refractivity contribution is 0.332. The molecular formula is C65H77BN2. The highest BCUT2D eigenvalue weighted by molar-refractivity contribution is 7.00. The van der Waals surface area contributed by atoms with E-state index in [0.29, 0.717) is 5.56 Å². The lowest BCUT2D eigenvalue weighted by Gasteiger charge is -2.48. The summed E-state index contributed by atoms with van der Waals surface area (Å²) in [6.07, 6.45) is 5.53. The van der Waals surface area contributed by atoms with Gasteiger partial charge in [-0.25, -0.2) is 0 Å². The molecule has 6 aromatic rings. The van der Waals surface area contributed by atoms with Gasteiger partial charge < -0.3 is 9.80 Å². The zero-order valence-electron chi connectivity index (χ0n) is 47.2. The first kappa shape index (κ1) is 41.9. The Balaban J connectivity index is 1.30. The summed E-state index contributed by atoms with van der Waals surface area (Å²) in [6, 6.07) is 37.4. The van der Waals surface area contributed by atoms with Crippen molar-refractivity contribution in [1.82, 2.24) is 0 Å². The van der Waals surface area contributed by atoms with Crippen molar-refractivity contribution in [1.29, 1.82) is 0 Å². The van der Waals surface area contributed by atoms with Crippen molar-refractivity contribution in [2.24, 2.45) is 0 Å². The summed E-state index contributed by atoms with van der Waals surface area (Å²) in [5.74, 6) is 0. The molecule has 2 nitrogen and oxygen atoms in total. The van der Waals surface area contributed by atoms with Crippen LogP contribution < -0.4 is 26.2 Å². The summed E-state index contributed by atoms with van der Waals surface area (Å²) in [5, 5.41) is 0. The molecule has 3 aliphatic carbocycles. The molecule has 0 aromatic heterocycles. The lowest BCUT2D eigenvalue weighted by Crippen LogP contribution is -2.62. The molecule has 0 spiro atoms. The highest BCUT2D eigenvalue weighted by atomic mass is 15.2. The zero-order chi connectivity index (χ0) is 51.1. The molecule has 0 atom stereocenters. The number of benzene rings is 6. The number of hydrogen-bond donors (Lipinski definition) is 0. The van der Waals surface area contributed by atoms with E-state index in [1.165, 1.54) is 77.7 Å². The van der Waals surface area contributed by atoms with Crippen molar-refractivity contribution in [3.8, 4) is 0 Å². The summed E-state index contributed by atoms with van der Waals surface area (Å²) in [6.45, 7) is 35.7. The average Bonchev–Trinajstić information content (AvgIpc) is 3.47. The van der Waals surface area contributed by atoms with Gasteiger partial charge in [0.1, 0.15) is 0 Å². The van der Waals surface area contributed by atoms with Crippen molar-refractivity contribution in [2.75, 3.05) is 9.80 Å². The van der Waals surface area contributed by atoms with Crippen molar-refractivity contribution in [2.45, 2.75) is 188 Å². The second kappa shape index (κ2) is 14.3. The van der Waals surface area contributed by atoms with Crippen molar-refractivity contribution in [3.63, 3.8) is 0 Å². The van der Waals surface area contributed by atoms with Crippen LogP contribution in [0.3, 0.4) is 0 Å². The van der Waals surface area contributed by atoms with Gasteiger partial charge in [0.05, 0.1) is 0 Å². The van der Waals surface area contributed by atoms with Crippen LogP contribution in [0.1, 0.15) is 194 Å². The van der Waals surface area contributed by atoms with Crippen molar-refractivity contribution in [3.05, 3.63) is 158 Å². The molecule has 0 radical (unpaired) electrons. The largest absolute Gasteiger partial charge is 0.311 e. The monoisotopic (exact) mass is 900 g/mol. The molecule has 5 aliphatic rings. The Morgan fingerprint density at radius 1 is 0.441 bits per heavy atom. The van der Waals surface area contributed by atoms with Crippen molar-refractivity contribution < 1.29 is 4.11 Å². The first-order valence-corrected chi connectivity index (χ1v) is 25.8. The highest BCUT2D eigenvalue weighted by Crippen LogP contribution is 2.56. The van der Waals surface area contributed by atoms with Crippen LogP contribution >= 0.6 is 0 Å². The Bertz CT molecular complexity index is 3240. The molecule has 2 aliphatic heterocycles. The number of hydrogen-bond acceptors (Lipinski definition) is 2. The van der Waals surface area contributed by atoms with Gasteiger partial charge in [0.2, 0.25) is 0 Å². The SMILES string of the molecule is [2H]C([2H])([2H])c1cc2c3c(c1)N(c1cc4c(cc1C)C(C)(C)CC4(C)C)c1cc4c(cc1B3c1ccc(C(C)(C)c3ccccc3)cc1N2c1cc2c(cc1C)C(C)(C)CCC2(C)C)C(C)(C)CCC4(C)C. The number of nitrogens with zero attached hydrogens (tertiary/aromatic N) is 2. The second-order valence-corrected chi connectivity index (χ2v) is 26.6. The number of anilines is 6. The molecule has 68 heavy (non-hydrogen) atoms. The molecule has 2 heterocycles. The molecule has 6 aromatic carbocycles. The lowest BCUT2D eigenvalue weighted by atomic mass is 9.33. The van der Waals surface area contributed by atoms with E-state index in [9.17, 15) is 4.11 Å². The number of aryl methyl sites for hydroxylation is 3. The third kappa shape index (κ3) is 6.48. The van der Waals surface area contributed by atoms with Gasteiger partial charge in [-0.05, 0) is 199 Å². The van der Waals surface area contributed by atoms with Crippen LogP contribution in [0.4, 0.5) is 34.1 Å². The first-order chi connectivity index (χ1) is 32.9. The van der Waals surface area contributed by atoms with Gasteiger partial charge in [-0.15, -0.1) is 0 Å². The fourth-order valence-electron chi connectivity index (χ4n) is 14.3. The minimum atomic E-state index is -2.37. The maximum Gasteiger partial charge on any atom is 0.252 e. The average molecular weight is 900 g/mol. The van der Waals surface area contributed by atoms with Crippen LogP contribution in [-0.2, 0) is 37.9 Å². The van der Waals surface area contributed by atoms with Gasteiger partial charge in [0.25, 0.3) is 6.71 Å². The number of rotatable bonds is 4. The Kier molecular flexibility index (Phi) is 8.81. The van der Waals surface area contributed by atoms with Gasteiger partial charge in [-0.2, -0.15) is 0 Å². The van der Waals surface area contributed by atoms with E-state index in [1.54, 1.807) is 0 Å². The topological polar surface area (TPSA) is 6.48 Å². The first-order valence-electron chi connectivity index (χ1n) is 27.3. The molecule has 0 unspecified atom stereocenters. The summed E-state index contributed by atoms with van der Waals surface area (Å²) >= 11 is 0. The fourth-order valence-corrected chi connectivity index (χ4v) is 14.3. The summed E-state index contributed by atoms with van der Waals surface area (Å²) in [4.78, 5) is 5.03. The van der Waals surface area contributed by atoms with Crippen LogP contribution in [0, 0.1) is 20.7 Å². The normalized spacial score (nSPS) is 21.3. The van der Waals surface area contributed by atoms with Gasteiger partial charge >= 0.3 is 0 Å². The third-order valence-corrected chi connectivity index (χ3v) is 18.6. The smallest absolute Gasteiger partial charge is 0.252 e. The minimum absolute atomic E-state index is 0.0219. The Hall–Kier alpha value is -5.02. The van der Waals surface area contributed by atoms with Crippen LogP contribution in [0.2, 0.25) is 0 Å². The van der Waals surface area contributed by atoms with E-state index >= 15 is 0 Å². The molecule has 350 valence electrons. The van der Waals surface area contributed by atoms with E-state index < -0.39 is 6.85 Å². The van der Waals surface area contributed by atoms with E-state index in [2.05, 4.69) is 218 Å². The Morgan fingerprint density at radius 2 is 0.868 bits per heavy atom. The molecule has 0 saturated carbocycles. The molecule has 0 bridgehead atoms. The second-order valence-electron chi connectivity index (χ2n) is 26.6. The molecule has 11 rings (SSSR count). The predicted octanol–water partition coefficient (Wildman–Crippen LogP) is 15.7. The van der Waals surface area contributed by atoms with Gasteiger partial charge in [-0.1, -0.05) is 158 Å². The van der Waals surface area contributed by atoms with E-state index in [-0.39, 0.29) is 44.6 Å². The maximum atomic E-state index is 9.29. The standard InChI is InChI=1S/C65H77BN2/c1-39-29-56-58-57(30-39)68(53-36-49-45(32-41(53)3)63(12,13)38-64(49,14)15)55-37-48-46(60(6,7)26-28-62(48,10)11)34-51(55)66(58)50-24-23-43(65(16,17)42-21-19-18-20-22-42)33-54(50)67(56)52-35-47-44(31-40(52)2)59(4,5)25-27-61(47,8)9/h18-24,29-37H,25-28,38H2,1-17H3/i1D3. The third-order valence-electron chi connectivity index (χ3n) is 18.6. The highest BCUT2D eigenvalue weighted by Gasteiger charge is 2.49. The van der Waals surface area contributed by atoms with Crippen molar-refractivity contribution >= 4 is 57.2 Å². The molecule has 0 saturated heterocycles. The summed E-state index contributed by atoms with van der Waals surface area (Å²) < 4.78 is 27.9. The fraction of sp³-hybridized carbons (Fsp3) is 0.446. The van der Waals surface area contributed by atoms with Gasteiger partial charge in [0, 0.05) is 43.7 Å². The molecular weight excluding hydrogens is 820 g/mol. The molecule has 0 fully saturated rings. The molecule has 3 heteroatoms. The predicted molar refractivity (Wildman–Crippen MR) is 294 cm³/mol. The minimum Gasteiger partial charge on any atom is -0.311 e. The van der Waals surface area contributed by atoms with Crippen LogP contribution in [-0.4, -0.2) is 6.71 Å². The van der Waals surface area contributed by atoms with Crippen LogP contribution in [0.25, 0.3) is 0 Å². The number of fused-ring (bicyclic) bond motifs is 7. The van der Waals surface area contributed by atoms with E-state index in [4.69, 9.17) is 0 Å². The maximum absolute atomic E-state index is 9.29. The Morgan fingerprint density at radius 3 is 1.37 bits per heavy atom. The molecule has 0 N–H and O–H groups in total. The summed E-state index contributed by atoms with van der Waals surface area (Å²) in [7, 11) is 0. The molecule has 0 amide bonds. The zero-order valence-corrected chi connectivity index (χ0v) is 44.2. The summed E-state index contributed by atoms with van der Waals surface area (Å²) in [5.41, 5.74) is 23.6. The van der Waals surface area contributed by atoms with Gasteiger partial charge in [0.15, 0.2) is 0 Å². The van der Waals surface area contributed by atoms with Crippen LogP contribution in [0.5, 0.6) is 0 Å². The quantitative estimate of drug-likeness (QED) is 0.162. The van der Waals surface area contributed by atoms with Crippen LogP contribution in [0.15, 0.2) is 97.1 Å².